The van der Waals surface area contributed by atoms with Gasteiger partial charge < -0.3 is 4.42 Å². The second-order valence-corrected chi connectivity index (χ2v) is 6.46. The van der Waals surface area contributed by atoms with Crippen molar-refractivity contribution in [3.8, 4) is 11.3 Å². The number of nitrogens with one attached hydrogen (secondary N) is 1. The average Bonchev–Trinajstić information content (AvgIpc) is 3.31. The Kier molecular flexibility index (Phi) is 5.85. The topological polar surface area (TPSA) is 116 Å². The molecule has 10 heteroatoms. The number of nitrogens with zero attached hydrogens (tertiary/aromatic N) is 4. The van der Waals surface area contributed by atoms with Gasteiger partial charge in [-0.2, -0.15) is 10.2 Å². The van der Waals surface area contributed by atoms with Gasteiger partial charge in [-0.1, -0.05) is 30.7 Å². The summed E-state index contributed by atoms with van der Waals surface area (Å²) in [5.74, 6) is 0.251. The van der Waals surface area contributed by atoms with Crippen LogP contribution >= 0.6 is 11.6 Å². The Bertz CT molecular complexity index is 1030. The zero-order chi connectivity index (χ0) is 20.1. The molecule has 0 saturated heterocycles. The molecule has 1 aromatic carbocycles. The van der Waals surface area contributed by atoms with Crippen LogP contribution in [0, 0.1) is 16.0 Å². The minimum atomic E-state index is -0.542. The fourth-order valence-corrected chi connectivity index (χ4v) is 2.59. The summed E-state index contributed by atoms with van der Waals surface area (Å²) >= 11 is 5.97. The maximum atomic E-state index is 12.1. The summed E-state index contributed by atoms with van der Waals surface area (Å²) in [6.45, 7) is 1.86. The highest BCUT2D eigenvalue weighted by Gasteiger charge is 2.16. The lowest BCUT2D eigenvalue weighted by atomic mass is 10.2. The van der Waals surface area contributed by atoms with Crippen LogP contribution in [0.15, 0.2) is 58.3 Å². The van der Waals surface area contributed by atoms with Gasteiger partial charge in [-0.3, -0.25) is 19.6 Å². The largest absolute Gasteiger partial charge is 0.455 e. The molecule has 0 aliphatic heterocycles. The van der Waals surface area contributed by atoms with Gasteiger partial charge in [0.2, 0.25) is 5.91 Å². The highest BCUT2D eigenvalue weighted by atomic mass is 35.5. The first-order valence-electron chi connectivity index (χ1n) is 8.28. The molecule has 3 aromatic rings. The molecule has 9 nitrogen and oxygen atoms in total. The molecule has 1 amide bonds. The number of amides is 1. The molecule has 0 bridgehead atoms. The summed E-state index contributed by atoms with van der Waals surface area (Å²) in [5, 5.41) is 19.0. The lowest BCUT2D eigenvalue weighted by Gasteiger charge is -2.08. The second kappa shape index (κ2) is 8.49. The number of hydrazone groups is 1. The quantitative estimate of drug-likeness (QED) is 0.369. The second-order valence-electron chi connectivity index (χ2n) is 6.03. The predicted molar refractivity (Wildman–Crippen MR) is 103 cm³/mol. The van der Waals surface area contributed by atoms with Crippen LogP contribution in [0.3, 0.4) is 0 Å². The van der Waals surface area contributed by atoms with Crippen molar-refractivity contribution in [2.75, 3.05) is 0 Å². The smallest absolute Gasteiger partial charge is 0.306 e. The van der Waals surface area contributed by atoms with Crippen LogP contribution in [-0.2, 0) is 11.3 Å². The highest BCUT2D eigenvalue weighted by molar-refractivity contribution is 6.30. The fourth-order valence-electron chi connectivity index (χ4n) is 2.40. The van der Waals surface area contributed by atoms with E-state index < -0.39 is 10.8 Å². The lowest BCUT2D eigenvalue weighted by molar-refractivity contribution is -0.385. The molecule has 144 valence electrons. The Morgan fingerprint density at radius 2 is 2.29 bits per heavy atom. The summed E-state index contributed by atoms with van der Waals surface area (Å²) in [4.78, 5) is 22.2. The number of hydrogen-bond acceptors (Lipinski definition) is 6. The zero-order valence-electron chi connectivity index (χ0n) is 14.8. The van der Waals surface area contributed by atoms with Crippen LogP contribution in [0.4, 0.5) is 5.69 Å². The molecule has 2 aromatic heterocycles. The van der Waals surface area contributed by atoms with E-state index >= 15 is 0 Å². The van der Waals surface area contributed by atoms with Crippen molar-refractivity contribution >= 4 is 29.4 Å². The normalized spacial score (nSPS) is 12.2. The van der Waals surface area contributed by atoms with Gasteiger partial charge in [0, 0.05) is 10.6 Å². The third-order valence-electron chi connectivity index (χ3n) is 3.84. The SMILES string of the molecule is CC(Cn1cc([N+](=O)[O-])cn1)C(=O)N/N=C/c1ccc(-c2cccc(Cl)c2)o1. The molecule has 28 heavy (non-hydrogen) atoms. The van der Waals surface area contributed by atoms with Gasteiger partial charge in [-0.25, -0.2) is 5.43 Å². The van der Waals surface area contributed by atoms with E-state index in [9.17, 15) is 14.9 Å². The van der Waals surface area contributed by atoms with E-state index in [0.29, 0.717) is 16.5 Å². The summed E-state index contributed by atoms with van der Waals surface area (Å²) < 4.78 is 6.99. The summed E-state index contributed by atoms with van der Waals surface area (Å²) in [5.41, 5.74) is 3.12. The van der Waals surface area contributed by atoms with E-state index in [0.717, 1.165) is 11.8 Å². The number of benzene rings is 1. The number of furan rings is 1. The molecular weight excluding hydrogens is 386 g/mol. The third-order valence-corrected chi connectivity index (χ3v) is 4.08. The van der Waals surface area contributed by atoms with Crippen molar-refractivity contribution < 1.29 is 14.1 Å². The van der Waals surface area contributed by atoms with Gasteiger partial charge in [-0.15, -0.1) is 0 Å². The molecule has 1 atom stereocenters. The van der Waals surface area contributed by atoms with Crippen LogP contribution in [0.2, 0.25) is 5.02 Å². The Labute approximate surface area is 164 Å². The van der Waals surface area contributed by atoms with Gasteiger partial charge in [0.15, 0.2) is 0 Å². The lowest BCUT2D eigenvalue weighted by Crippen LogP contribution is -2.28. The van der Waals surface area contributed by atoms with E-state index in [2.05, 4.69) is 15.6 Å². The van der Waals surface area contributed by atoms with Crippen molar-refractivity contribution in [1.82, 2.24) is 15.2 Å². The van der Waals surface area contributed by atoms with Gasteiger partial charge in [0.25, 0.3) is 0 Å². The first kappa shape index (κ1) is 19.3. The van der Waals surface area contributed by atoms with Gasteiger partial charge in [0.05, 0.1) is 23.6 Å². The Morgan fingerprint density at radius 3 is 3.00 bits per heavy atom. The van der Waals surface area contributed by atoms with Crippen molar-refractivity contribution in [1.29, 1.82) is 0 Å². The molecule has 0 spiro atoms. The summed E-state index contributed by atoms with van der Waals surface area (Å²) in [7, 11) is 0. The van der Waals surface area contributed by atoms with Crippen molar-refractivity contribution in [2.45, 2.75) is 13.5 Å². The average molecular weight is 402 g/mol. The van der Waals surface area contributed by atoms with E-state index in [1.165, 1.54) is 17.1 Å². The molecule has 0 aliphatic rings. The van der Waals surface area contributed by atoms with Crippen LogP contribution in [0.1, 0.15) is 12.7 Å². The predicted octanol–water partition coefficient (Wildman–Crippen LogP) is 3.49. The van der Waals surface area contributed by atoms with E-state index in [1.54, 1.807) is 31.2 Å². The zero-order valence-corrected chi connectivity index (χ0v) is 15.5. The monoisotopic (exact) mass is 401 g/mol. The Hall–Kier alpha value is -3.46. The van der Waals surface area contributed by atoms with Crippen molar-refractivity contribution in [2.24, 2.45) is 11.0 Å². The number of hydrogen-bond donors (Lipinski definition) is 1. The number of rotatable bonds is 7. The maximum absolute atomic E-state index is 12.1. The number of carbonyl (C=O) groups is 1. The van der Waals surface area contributed by atoms with E-state index in [1.807, 2.05) is 12.1 Å². The molecule has 0 radical (unpaired) electrons. The summed E-state index contributed by atoms with van der Waals surface area (Å²) in [6.07, 6.45) is 3.79. The van der Waals surface area contributed by atoms with Crippen molar-refractivity contribution in [3.63, 3.8) is 0 Å². The maximum Gasteiger partial charge on any atom is 0.306 e. The Morgan fingerprint density at radius 1 is 1.46 bits per heavy atom. The van der Waals surface area contributed by atoms with Gasteiger partial charge in [0.1, 0.15) is 23.9 Å². The van der Waals surface area contributed by atoms with Crippen LogP contribution in [0.5, 0.6) is 0 Å². The minimum absolute atomic E-state index is 0.126. The number of carbonyl (C=O) groups excluding carboxylic acids is 1. The van der Waals surface area contributed by atoms with Crippen LogP contribution in [0.25, 0.3) is 11.3 Å². The van der Waals surface area contributed by atoms with Gasteiger partial charge >= 0.3 is 5.69 Å². The molecular formula is C18H16ClN5O4. The number of halogens is 1. The van der Waals surface area contributed by atoms with Crippen molar-refractivity contribution in [3.05, 3.63) is 69.7 Å². The molecule has 2 heterocycles. The number of nitro groups is 1. The molecule has 0 saturated carbocycles. The first-order valence-corrected chi connectivity index (χ1v) is 8.65. The molecule has 0 fully saturated rings. The molecule has 1 unspecified atom stereocenters. The number of aromatic nitrogens is 2. The Balaban J connectivity index is 1.55. The standard InChI is InChI=1S/C18H16ClN5O4/c1-12(10-23-11-15(8-21-23)24(26)27)18(25)22-20-9-16-5-6-17(28-16)13-3-2-4-14(19)7-13/h2-9,11-12H,10H2,1H3,(H,22,25)/b20-9+. The van der Waals surface area contributed by atoms with Crippen LogP contribution < -0.4 is 5.43 Å². The first-order chi connectivity index (χ1) is 13.4. The molecule has 0 aliphatic carbocycles. The van der Waals surface area contributed by atoms with E-state index in [-0.39, 0.29) is 18.1 Å². The summed E-state index contributed by atoms with van der Waals surface area (Å²) in [6, 6.07) is 10.7. The molecule has 3 rings (SSSR count). The highest BCUT2D eigenvalue weighted by Crippen LogP contribution is 2.24. The minimum Gasteiger partial charge on any atom is -0.455 e. The van der Waals surface area contributed by atoms with Gasteiger partial charge in [-0.05, 0) is 24.3 Å². The third kappa shape index (κ3) is 4.83. The van der Waals surface area contributed by atoms with Crippen LogP contribution in [-0.4, -0.2) is 26.8 Å². The molecule has 1 N–H and O–H groups in total. The van der Waals surface area contributed by atoms with E-state index in [4.69, 9.17) is 16.0 Å². The fraction of sp³-hybridized carbons (Fsp3) is 0.167.